The van der Waals surface area contributed by atoms with E-state index in [1.165, 1.54) is 29.8 Å². The Balaban J connectivity index is 2.80. The van der Waals surface area contributed by atoms with Gasteiger partial charge in [-0.25, -0.2) is 0 Å². The van der Waals surface area contributed by atoms with Gasteiger partial charge in [0.1, 0.15) is 0 Å². The van der Waals surface area contributed by atoms with Gasteiger partial charge in [-0.05, 0) is 45.2 Å². The summed E-state index contributed by atoms with van der Waals surface area (Å²) in [6.07, 6.45) is 3.62. The van der Waals surface area contributed by atoms with E-state index in [1.54, 1.807) is 0 Å². The number of nitrogens with zero attached hydrogens (tertiary/aromatic N) is 2. The highest BCUT2D eigenvalue weighted by Gasteiger charge is 2.19. The van der Waals surface area contributed by atoms with E-state index < -0.39 is 0 Å². The molecule has 0 amide bonds. The summed E-state index contributed by atoms with van der Waals surface area (Å²) >= 11 is 0. The first-order valence-electron chi connectivity index (χ1n) is 6.67. The molecule has 0 saturated heterocycles. The van der Waals surface area contributed by atoms with Gasteiger partial charge in [0.05, 0.1) is 5.69 Å². The minimum atomic E-state index is 0.552. The fraction of sp³-hybridized carbons (Fsp3) is 0.786. The van der Waals surface area contributed by atoms with E-state index in [9.17, 15) is 0 Å². The third-order valence-electron chi connectivity index (χ3n) is 3.88. The molecular formula is C14H27N3. The van der Waals surface area contributed by atoms with Gasteiger partial charge in [-0.1, -0.05) is 20.3 Å². The molecule has 3 heteroatoms. The predicted octanol–water partition coefficient (Wildman–Crippen LogP) is 2.60. The quantitative estimate of drug-likeness (QED) is 0.824. The maximum absolute atomic E-state index is 4.49. The lowest BCUT2D eigenvalue weighted by molar-refractivity contribution is 0.371. The summed E-state index contributed by atoms with van der Waals surface area (Å²) in [4.78, 5) is 0. The molecule has 1 N–H and O–H groups in total. The maximum Gasteiger partial charge on any atom is 0.0628 e. The van der Waals surface area contributed by atoms with Crippen LogP contribution >= 0.6 is 0 Å². The van der Waals surface area contributed by atoms with E-state index in [0.717, 1.165) is 6.42 Å². The number of likely N-dealkylation sites (N-methyl/N-ethyl adjacent to an activating group) is 1. The van der Waals surface area contributed by atoms with Crippen LogP contribution in [0.15, 0.2) is 0 Å². The maximum atomic E-state index is 4.49. The molecule has 0 aliphatic heterocycles. The van der Waals surface area contributed by atoms with Gasteiger partial charge in [-0.15, -0.1) is 0 Å². The molecule has 1 aromatic rings. The Morgan fingerprint density at radius 1 is 1.35 bits per heavy atom. The topological polar surface area (TPSA) is 29.9 Å². The lowest BCUT2D eigenvalue weighted by Gasteiger charge is -2.23. The first-order chi connectivity index (χ1) is 8.01. The van der Waals surface area contributed by atoms with Crippen molar-refractivity contribution in [2.24, 2.45) is 13.0 Å². The van der Waals surface area contributed by atoms with Gasteiger partial charge in [0.15, 0.2) is 0 Å². The van der Waals surface area contributed by atoms with Gasteiger partial charge in [0.25, 0.3) is 0 Å². The molecule has 1 heterocycles. The molecule has 98 valence electrons. The predicted molar refractivity (Wildman–Crippen MR) is 73.3 cm³/mol. The number of rotatable bonds is 6. The zero-order chi connectivity index (χ0) is 13.0. The molecule has 0 aliphatic rings. The Labute approximate surface area is 106 Å². The van der Waals surface area contributed by atoms with Gasteiger partial charge in [-0.2, -0.15) is 5.10 Å². The van der Waals surface area contributed by atoms with Crippen LogP contribution < -0.4 is 5.32 Å². The van der Waals surface area contributed by atoms with Crippen LogP contribution in [-0.2, 0) is 13.5 Å². The Hall–Kier alpha value is -0.830. The van der Waals surface area contributed by atoms with E-state index in [4.69, 9.17) is 0 Å². The van der Waals surface area contributed by atoms with E-state index in [0.29, 0.717) is 12.0 Å². The molecule has 0 fully saturated rings. The molecule has 1 rings (SSSR count). The van der Waals surface area contributed by atoms with Crippen LogP contribution in [0, 0.1) is 19.8 Å². The summed E-state index contributed by atoms with van der Waals surface area (Å²) in [6.45, 7) is 8.86. The highest BCUT2D eigenvalue weighted by molar-refractivity contribution is 5.25. The smallest absolute Gasteiger partial charge is 0.0628 e. The second kappa shape index (κ2) is 6.20. The van der Waals surface area contributed by atoms with E-state index in [-0.39, 0.29) is 0 Å². The Kier molecular flexibility index (Phi) is 5.19. The number of aromatic nitrogens is 2. The lowest BCUT2D eigenvalue weighted by atomic mass is 9.91. The average Bonchev–Trinajstić information content (AvgIpc) is 2.51. The first-order valence-corrected chi connectivity index (χ1v) is 6.67. The van der Waals surface area contributed by atoms with Gasteiger partial charge in [-0.3, -0.25) is 4.68 Å². The van der Waals surface area contributed by atoms with Crippen molar-refractivity contribution in [3.63, 3.8) is 0 Å². The van der Waals surface area contributed by atoms with Crippen molar-refractivity contribution in [1.82, 2.24) is 15.1 Å². The van der Waals surface area contributed by atoms with Crippen LogP contribution in [0.4, 0.5) is 0 Å². The third-order valence-corrected chi connectivity index (χ3v) is 3.88. The Morgan fingerprint density at radius 3 is 2.41 bits per heavy atom. The van der Waals surface area contributed by atoms with Crippen molar-refractivity contribution in [1.29, 1.82) is 0 Å². The number of hydrogen-bond donors (Lipinski definition) is 1. The van der Waals surface area contributed by atoms with Crippen molar-refractivity contribution in [3.05, 3.63) is 17.0 Å². The number of aryl methyl sites for hydroxylation is 2. The largest absolute Gasteiger partial charge is 0.316 e. The van der Waals surface area contributed by atoms with Crippen LogP contribution in [0.1, 0.15) is 43.6 Å². The second-order valence-electron chi connectivity index (χ2n) is 5.14. The van der Waals surface area contributed by atoms with E-state index in [2.05, 4.69) is 45.2 Å². The van der Waals surface area contributed by atoms with E-state index in [1.807, 2.05) is 11.7 Å². The van der Waals surface area contributed by atoms with Gasteiger partial charge in [0, 0.05) is 18.8 Å². The SMILES string of the molecule is CCCC(C)C(Cc1c(C)nn(C)c1C)NC. The summed E-state index contributed by atoms with van der Waals surface area (Å²) < 4.78 is 1.99. The van der Waals surface area contributed by atoms with Gasteiger partial charge in [0.2, 0.25) is 0 Å². The molecule has 2 unspecified atom stereocenters. The minimum absolute atomic E-state index is 0.552. The van der Waals surface area contributed by atoms with Crippen molar-refractivity contribution in [2.45, 2.75) is 53.0 Å². The molecule has 2 atom stereocenters. The Bertz CT molecular complexity index is 355. The van der Waals surface area contributed by atoms with Gasteiger partial charge >= 0.3 is 0 Å². The van der Waals surface area contributed by atoms with Crippen LogP contribution in [0.3, 0.4) is 0 Å². The zero-order valence-corrected chi connectivity index (χ0v) is 12.2. The highest BCUT2D eigenvalue weighted by Crippen LogP contribution is 2.19. The van der Waals surface area contributed by atoms with Crippen molar-refractivity contribution >= 4 is 0 Å². The molecule has 0 spiro atoms. The fourth-order valence-corrected chi connectivity index (χ4v) is 2.58. The van der Waals surface area contributed by atoms with Crippen LogP contribution in [0.25, 0.3) is 0 Å². The molecule has 0 aliphatic carbocycles. The zero-order valence-electron chi connectivity index (χ0n) is 12.2. The van der Waals surface area contributed by atoms with Crippen molar-refractivity contribution in [3.8, 4) is 0 Å². The first kappa shape index (κ1) is 14.2. The summed E-state index contributed by atoms with van der Waals surface area (Å²) in [7, 11) is 4.09. The average molecular weight is 237 g/mol. The normalized spacial score (nSPS) is 14.9. The Morgan fingerprint density at radius 2 is 2.00 bits per heavy atom. The van der Waals surface area contributed by atoms with Crippen LogP contribution in [-0.4, -0.2) is 22.9 Å². The standard InChI is InChI=1S/C14H27N3/c1-7-8-10(2)14(15-5)9-13-11(3)16-17(6)12(13)4/h10,14-15H,7-9H2,1-6H3. The second-order valence-corrected chi connectivity index (χ2v) is 5.14. The molecule has 3 nitrogen and oxygen atoms in total. The molecule has 0 radical (unpaired) electrons. The monoisotopic (exact) mass is 237 g/mol. The molecule has 1 aromatic heterocycles. The third kappa shape index (κ3) is 3.32. The van der Waals surface area contributed by atoms with Crippen LogP contribution in [0.5, 0.6) is 0 Å². The summed E-state index contributed by atoms with van der Waals surface area (Å²) in [5.74, 6) is 0.712. The molecule has 0 aromatic carbocycles. The van der Waals surface area contributed by atoms with Crippen LogP contribution in [0.2, 0.25) is 0 Å². The van der Waals surface area contributed by atoms with Crippen molar-refractivity contribution in [2.75, 3.05) is 7.05 Å². The molecule has 0 saturated carbocycles. The lowest BCUT2D eigenvalue weighted by Crippen LogP contribution is -2.34. The minimum Gasteiger partial charge on any atom is -0.316 e. The van der Waals surface area contributed by atoms with Gasteiger partial charge < -0.3 is 5.32 Å². The van der Waals surface area contributed by atoms with E-state index >= 15 is 0 Å². The molecule has 17 heavy (non-hydrogen) atoms. The van der Waals surface area contributed by atoms with Crippen molar-refractivity contribution < 1.29 is 0 Å². The number of nitrogens with one attached hydrogen (secondary N) is 1. The molecule has 0 bridgehead atoms. The molecular weight excluding hydrogens is 210 g/mol. The summed E-state index contributed by atoms with van der Waals surface area (Å²) in [6, 6.07) is 0.552. The summed E-state index contributed by atoms with van der Waals surface area (Å²) in [5, 5.41) is 7.95. The fourth-order valence-electron chi connectivity index (χ4n) is 2.58. The summed E-state index contributed by atoms with van der Waals surface area (Å²) in [5.41, 5.74) is 3.88. The highest BCUT2D eigenvalue weighted by atomic mass is 15.3. The number of hydrogen-bond acceptors (Lipinski definition) is 2.